The summed E-state index contributed by atoms with van der Waals surface area (Å²) in [5.74, 6) is 1.74. The third-order valence-corrected chi connectivity index (χ3v) is 5.65. The van der Waals surface area contributed by atoms with Gasteiger partial charge in [-0.3, -0.25) is 9.59 Å². The quantitative estimate of drug-likeness (QED) is 0.606. The number of aryl methyl sites for hydroxylation is 2. The predicted octanol–water partition coefficient (Wildman–Crippen LogP) is 3.42. The lowest BCUT2D eigenvalue weighted by Crippen LogP contribution is -2.45. The van der Waals surface area contributed by atoms with Crippen LogP contribution < -0.4 is 10.6 Å². The van der Waals surface area contributed by atoms with Gasteiger partial charge in [-0.2, -0.15) is 4.98 Å². The van der Waals surface area contributed by atoms with Crippen molar-refractivity contribution in [2.75, 3.05) is 0 Å². The Hall–Kier alpha value is -2.64. The molecule has 0 aliphatic heterocycles. The maximum absolute atomic E-state index is 12.3. The van der Waals surface area contributed by atoms with E-state index in [2.05, 4.69) is 20.8 Å². The second-order valence-corrected chi connectivity index (χ2v) is 8.28. The molecule has 0 spiro atoms. The number of nitrogens with zero attached hydrogens (tertiary/aromatic N) is 2. The average Bonchev–Trinajstić information content (AvgIpc) is 3.34. The van der Waals surface area contributed by atoms with E-state index in [-0.39, 0.29) is 24.3 Å². The number of aromatic nitrogens is 2. The first-order valence-corrected chi connectivity index (χ1v) is 10.9. The molecule has 1 unspecified atom stereocenters. The Morgan fingerprint density at radius 1 is 1.20 bits per heavy atom. The molecule has 1 fully saturated rings. The maximum Gasteiger partial charge on any atom is 0.227 e. The van der Waals surface area contributed by atoms with E-state index in [0.717, 1.165) is 57.1 Å². The molecular formula is C22H32N4O4. The third-order valence-electron chi connectivity index (χ3n) is 5.65. The first-order chi connectivity index (χ1) is 14.5. The van der Waals surface area contributed by atoms with E-state index in [1.807, 2.05) is 19.1 Å². The normalized spacial score (nSPS) is 17.1. The highest BCUT2D eigenvalue weighted by molar-refractivity contribution is 5.76. The molecule has 0 bridgehead atoms. The van der Waals surface area contributed by atoms with Crippen LogP contribution in [0.3, 0.4) is 0 Å². The molecule has 0 radical (unpaired) electrons. The number of rotatable bonds is 9. The Morgan fingerprint density at radius 3 is 2.63 bits per heavy atom. The van der Waals surface area contributed by atoms with E-state index >= 15 is 0 Å². The van der Waals surface area contributed by atoms with Gasteiger partial charge < -0.3 is 19.6 Å². The van der Waals surface area contributed by atoms with Crippen molar-refractivity contribution in [1.29, 1.82) is 0 Å². The number of amides is 2. The summed E-state index contributed by atoms with van der Waals surface area (Å²) in [5, 5.41) is 10.2. The SMILES string of the molecule is CC(=O)NC1(c2noc(CCC(=O)NC(C)CCc3ccco3)n2)CCCCCC1. The topological polar surface area (TPSA) is 110 Å². The monoisotopic (exact) mass is 416 g/mol. The zero-order valence-electron chi connectivity index (χ0n) is 17.9. The smallest absolute Gasteiger partial charge is 0.227 e. The van der Waals surface area contributed by atoms with Crippen molar-refractivity contribution in [1.82, 2.24) is 20.8 Å². The molecule has 2 heterocycles. The molecule has 1 atom stereocenters. The molecule has 164 valence electrons. The van der Waals surface area contributed by atoms with E-state index in [1.165, 1.54) is 6.92 Å². The van der Waals surface area contributed by atoms with Gasteiger partial charge in [0, 0.05) is 32.2 Å². The van der Waals surface area contributed by atoms with Crippen LogP contribution >= 0.6 is 0 Å². The molecule has 1 saturated carbocycles. The Labute approximate surface area is 177 Å². The molecule has 1 aliphatic carbocycles. The highest BCUT2D eigenvalue weighted by Crippen LogP contribution is 2.34. The van der Waals surface area contributed by atoms with Crippen molar-refractivity contribution in [2.45, 2.75) is 89.6 Å². The highest BCUT2D eigenvalue weighted by Gasteiger charge is 2.38. The molecule has 2 N–H and O–H groups in total. The highest BCUT2D eigenvalue weighted by atomic mass is 16.5. The van der Waals surface area contributed by atoms with Crippen LogP contribution in [-0.4, -0.2) is 28.0 Å². The van der Waals surface area contributed by atoms with Crippen LogP contribution in [0, 0.1) is 0 Å². The summed E-state index contributed by atoms with van der Waals surface area (Å²) in [5.41, 5.74) is -0.563. The maximum atomic E-state index is 12.3. The molecule has 0 saturated heterocycles. The minimum Gasteiger partial charge on any atom is -0.469 e. The van der Waals surface area contributed by atoms with E-state index in [9.17, 15) is 9.59 Å². The largest absolute Gasteiger partial charge is 0.469 e. The summed E-state index contributed by atoms with van der Waals surface area (Å²) in [6.45, 7) is 3.50. The van der Waals surface area contributed by atoms with Gasteiger partial charge in [0.15, 0.2) is 5.82 Å². The first kappa shape index (κ1) is 22.1. The second-order valence-electron chi connectivity index (χ2n) is 8.28. The number of furan rings is 1. The molecule has 2 aromatic heterocycles. The predicted molar refractivity (Wildman–Crippen MR) is 110 cm³/mol. The Kier molecular flexibility index (Phi) is 7.65. The fourth-order valence-corrected chi connectivity index (χ4v) is 4.08. The van der Waals surface area contributed by atoms with Crippen molar-refractivity contribution in [2.24, 2.45) is 0 Å². The Bertz CT molecular complexity index is 807. The van der Waals surface area contributed by atoms with Gasteiger partial charge in [0.05, 0.1) is 6.26 Å². The summed E-state index contributed by atoms with van der Waals surface area (Å²) >= 11 is 0. The lowest BCUT2D eigenvalue weighted by molar-refractivity contribution is -0.122. The molecule has 1 aliphatic rings. The molecule has 8 heteroatoms. The standard InChI is InChI=1S/C22H32N4O4/c1-16(9-10-18-8-7-15-29-18)23-19(28)11-12-20-24-21(26-30-20)22(25-17(2)27)13-5-3-4-6-14-22/h7-8,15-16H,3-6,9-14H2,1-2H3,(H,23,28)(H,25,27). The number of carbonyl (C=O) groups is 2. The zero-order valence-corrected chi connectivity index (χ0v) is 17.9. The molecule has 30 heavy (non-hydrogen) atoms. The number of hydrogen-bond donors (Lipinski definition) is 2. The number of hydrogen-bond acceptors (Lipinski definition) is 6. The summed E-state index contributed by atoms with van der Waals surface area (Å²) in [4.78, 5) is 28.6. The van der Waals surface area contributed by atoms with Gasteiger partial charge in [-0.05, 0) is 38.3 Å². The van der Waals surface area contributed by atoms with Gasteiger partial charge in [-0.15, -0.1) is 0 Å². The summed E-state index contributed by atoms with van der Waals surface area (Å²) in [7, 11) is 0. The molecule has 2 aromatic rings. The molecule has 2 amide bonds. The van der Waals surface area contributed by atoms with Crippen LogP contribution in [0.25, 0.3) is 0 Å². The fraction of sp³-hybridized carbons (Fsp3) is 0.636. The van der Waals surface area contributed by atoms with Crippen LogP contribution in [0.1, 0.15) is 82.7 Å². The summed E-state index contributed by atoms with van der Waals surface area (Å²) in [6, 6.07) is 3.85. The van der Waals surface area contributed by atoms with Crippen molar-refractivity contribution in [3.8, 4) is 0 Å². The van der Waals surface area contributed by atoms with Crippen molar-refractivity contribution in [3.63, 3.8) is 0 Å². The van der Waals surface area contributed by atoms with Gasteiger partial charge in [0.25, 0.3) is 0 Å². The van der Waals surface area contributed by atoms with E-state index in [0.29, 0.717) is 18.1 Å². The number of carbonyl (C=O) groups excluding carboxylic acids is 2. The third kappa shape index (κ3) is 6.18. The molecular weight excluding hydrogens is 384 g/mol. The zero-order chi connectivity index (χ0) is 21.4. The first-order valence-electron chi connectivity index (χ1n) is 10.9. The Morgan fingerprint density at radius 2 is 1.97 bits per heavy atom. The van der Waals surface area contributed by atoms with Crippen LogP contribution in [0.15, 0.2) is 27.3 Å². The summed E-state index contributed by atoms with van der Waals surface area (Å²) in [6.07, 6.45) is 9.83. The number of nitrogens with one attached hydrogen (secondary N) is 2. The second kappa shape index (κ2) is 10.4. The van der Waals surface area contributed by atoms with Crippen molar-refractivity contribution in [3.05, 3.63) is 35.9 Å². The minimum atomic E-state index is -0.563. The Balaban J connectivity index is 1.51. The lowest BCUT2D eigenvalue weighted by Gasteiger charge is -2.30. The van der Waals surface area contributed by atoms with Crippen LogP contribution in [0.5, 0.6) is 0 Å². The molecule has 0 aromatic carbocycles. The van der Waals surface area contributed by atoms with Crippen molar-refractivity contribution >= 4 is 11.8 Å². The van der Waals surface area contributed by atoms with Gasteiger partial charge in [-0.1, -0.05) is 30.8 Å². The van der Waals surface area contributed by atoms with Crippen LogP contribution in [-0.2, 0) is 28.0 Å². The van der Waals surface area contributed by atoms with Gasteiger partial charge in [0.1, 0.15) is 11.3 Å². The van der Waals surface area contributed by atoms with Gasteiger partial charge in [0.2, 0.25) is 17.7 Å². The van der Waals surface area contributed by atoms with E-state index < -0.39 is 5.54 Å². The minimum absolute atomic E-state index is 0.0484. The van der Waals surface area contributed by atoms with E-state index in [4.69, 9.17) is 8.94 Å². The lowest BCUT2D eigenvalue weighted by atomic mass is 9.89. The average molecular weight is 417 g/mol. The summed E-state index contributed by atoms with van der Waals surface area (Å²) < 4.78 is 10.7. The van der Waals surface area contributed by atoms with Gasteiger partial charge in [-0.25, -0.2) is 0 Å². The molecule has 3 rings (SSSR count). The molecule has 8 nitrogen and oxygen atoms in total. The van der Waals surface area contributed by atoms with Crippen LogP contribution in [0.4, 0.5) is 0 Å². The van der Waals surface area contributed by atoms with Crippen molar-refractivity contribution < 1.29 is 18.5 Å². The van der Waals surface area contributed by atoms with Crippen LogP contribution in [0.2, 0.25) is 0 Å². The van der Waals surface area contributed by atoms with E-state index in [1.54, 1.807) is 6.26 Å². The van der Waals surface area contributed by atoms with Gasteiger partial charge >= 0.3 is 0 Å². The fourth-order valence-electron chi connectivity index (χ4n) is 4.08.